The van der Waals surface area contributed by atoms with E-state index >= 15 is 0 Å². The summed E-state index contributed by atoms with van der Waals surface area (Å²) in [6.45, 7) is 4.32. The average molecular weight is 369 g/mol. The summed E-state index contributed by atoms with van der Waals surface area (Å²) in [4.78, 5) is 16.4. The normalized spacial score (nSPS) is 10.9. The van der Waals surface area contributed by atoms with E-state index in [1.54, 1.807) is 18.3 Å². The minimum absolute atomic E-state index is 0.126. The molecule has 3 rings (SSSR count). The van der Waals surface area contributed by atoms with Crippen molar-refractivity contribution in [3.8, 4) is 11.3 Å². The van der Waals surface area contributed by atoms with Gasteiger partial charge in [-0.1, -0.05) is 61.8 Å². The Hall–Kier alpha value is -2.59. The number of benzene rings is 2. The molecule has 3 aromatic rings. The predicted octanol–water partition coefficient (Wildman–Crippen LogP) is 5.69. The van der Waals surface area contributed by atoms with E-state index in [-0.39, 0.29) is 12.3 Å². The van der Waals surface area contributed by atoms with Crippen molar-refractivity contribution in [2.45, 2.75) is 32.6 Å². The van der Waals surface area contributed by atoms with Crippen molar-refractivity contribution in [2.24, 2.45) is 0 Å². The molecule has 0 aliphatic heterocycles. The molecular formula is C21H21ClN2O2. The first-order valence-corrected chi connectivity index (χ1v) is 9.00. The zero-order chi connectivity index (χ0) is 18.5. The van der Waals surface area contributed by atoms with Gasteiger partial charge in [-0.3, -0.25) is 4.79 Å². The molecule has 0 saturated carbocycles. The summed E-state index contributed by atoms with van der Waals surface area (Å²) >= 11 is 6.04. The largest absolute Gasteiger partial charge is 0.441 e. The lowest BCUT2D eigenvalue weighted by Crippen LogP contribution is -2.12. The summed E-state index contributed by atoms with van der Waals surface area (Å²) in [7, 11) is 0. The molecular weight excluding hydrogens is 348 g/mol. The lowest BCUT2D eigenvalue weighted by atomic mass is 10.0. The molecule has 0 aliphatic carbocycles. The number of hydrogen-bond donors (Lipinski definition) is 1. The van der Waals surface area contributed by atoms with Crippen LogP contribution in [0.2, 0.25) is 5.02 Å². The monoisotopic (exact) mass is 368 g/mol. The van der Waals surface area contributed by atoms with Gasteiger partial charge in [0.15, 0.2) is 11.7 Å². The Balaban J connectivity index is 1.58. The van der Waals surface area contributed by atoms with E-state index in [2.05, 4.69) is 36.3 Å². The van der Waals surface area contributed by atoms with Gasteiger partial charge in [0, 0.05) is 18.4 Å². The highest BCUT2D eigenvalue weighted by Crippen LogP contribution is 2.24. The molecule has 0 radical (unpaired) electrons. The first kappa shape index (κ1) is 18.2. The van der Waals surface area contributed by atoms with Crippen molar-refractivity contribution in [3.05, 3.63) is 71.2 Å². The van der Waals surface area contributed by atoms with Gasteiger partial charge in [0.05, 0.1) is 16.9 Å². The van der Waals surface area contributed by atoms with Crippen LogP contribution in [0.4, 0.5) is 5.69 Å². The van der Waals surface area contributed by atoms with Gasteiger partial charge in [-0.2, -0.15) is 0 Å². The van der Waals surface area contributed by atoms with Crippen molar-refractivity contribution in [1.82, 2.24) is 4.98 Å². The van der Waals surface area contributed by atoms with Gasteiger partial charge in [-0.15, -0.1) is 0 Å². The number of para-hydroxylation sites is 1. The Morgan fingerprint density at radius 2 is 1.88 bits per heavy atom. The zero-order valence-corrected chi connectivity index (χ0v) is 15.6. The van der Waals surface area contributed by atoms with E-state index in [1.807, 2.05) is 24.3 Å². The number of nitrogens with zero attached hydrogens (tertiary/aromatic N) is 1. The minimum atomic E-state index is -0.126. The van der Waals surface area contributed by atoms with Gasteiger partial charge in [-0.05, 0) is 23.6 Å². The highest BCUT2D eigenvalue weighted by molar-refractivity contribution is 6.33. The van der Waals surface area contributed by atoms with E-state index in [4.69, 9.17) is 16.0 Å². The quantitative estimate of drug-likeness (QED) is 0.608. The number of carbonyl (C=O) groups is 1. The van der Waals surface area contributed by atoms with E-state index in [0.717, 1.165) is 5.56 Å². The van der Waals surface area contributed by atoms with E-state index < -0.39 is 0 Å². The molecule has 4 nitrogen and oxygen atoms in total. The molecule has 0 saturated heterocycles. The highest BCUT2D eigenvalue weighted by atomic mass is 35.5. The lowest BCUT2D eigenvalue weighted by molar-refractivity contribution is -0.116. The molecule has 134 valence electrons. The summed E-state index contributed by atoms with van der Waals surface area (Å²) in [5.74, 6) is 1.62. The minimum Gasteiger partial charge on any atom is -0.441 e. The van der Waals surface area contributed by atoms with E-state index in [1.165, 1.54) is 5.56 Å². The topological polar surface area (TPSA) is 55.1 Å². The van der Waals surface area contributed by atoms with Crippen LogP contribution in [0.5, 0.6) is 0 Å². The Morgan fingerprint density at radius 3 is 2.58 bits per heavy atom. The molecule has 0 spiro atoms. The second kappa shape index (κ2) is 8.19. The fourth-order valence-electron chi connectivity index (χ4n) is 2.59. The van der Waals surface area contributed by atoms with Crippen LogP contribution >= 0.6 is 11.6 Å². The second-order valence-electron chi connectivity index (χ2n) is 6.42. The first-order valence-electron chi connectivity index (χ1n) is 8.62. The third-order valence-corrected chi connectivity index (χ3v) is 4.46. The van der Waals surface area contributed by atoms with Crippen LogP contribution in [0, 0.1) is 0 Å². The highest BCUT2D eigenvalue weighted by Gasteiger charge is 2.10. The summed E-state index contributed by atoms with van der Waals surface area (Å²) < 4.78 is 5.78. The maximum absolute atomic E-state index is 12.1. The van der Waals surface area contributed by atoms with Crippen LogP contribution in [0.3, 0.4) is 0 Å². The smallest absolute Gasteiger partial charge is 0.224 e. The second-order valence-corrected chi connectivity index (χ2v) is 6.83. The maximum Gasteiger partial charge on any atom is 0.224 e. The molecule has 26 heavy (non-hydrogen) atoms. The Bertz CT molecular complexity index is 885. The molecule has 0 aliphatic rings. The molecule has 2 aromatic carbocycles. The fourth-order valence-corrected chi connectivity index (χ4v) is 2.77. The number of rotatable bonds is 6. The van der Waals surface area contributed by atoms with Crippen LogP contribution in [-0.2, 0) is 11.2 Å². The van der Waals surface area contributed by atoms with Crippen molar-refractivity contribution in [1.29, 1.82) is 0 Å². The van der Waals surface area contributed by atoms with Crippen LogP contribution in [-0.4, -0.2) is 10.9 Å². The summed E-state index contributed by atoms with van der Waals surface area (Å²) in [5.41, 5.74) is 2.87. The van der Waals surface area contributed by atoms with Gasteiger partial charge in [-0.25, -0.2) is 4.98 Å². The van der Waals surface area contributed by atoms with Gasteiger partial charge >= 0.3 is 0 Å². The molecule has 0 bridgehead atoms. The fraction of sp³-hybridized carbons (Fsp3) is 0.238. The number of nitrogens with one attached hydrogen (secondary N) is 1. The van der Waals surface area contributed by atoms with Crippen molar-refractivity contribution < 1.29 is 9.21 Å². The first-order chi connectivity index (χ1) is 12.5. The number of oxazole rings is 1. The predicted molar refractivity (Wildman–Crippen MR) is 104 cm³/mol. The molecule has 5 heteroatoms. The van der Waals surface area contributed by atoms with Gasteiger partial charge in [0.1, 0.15) is 0 Å². The van der Waals surface area contributed by atoms with Crippen molar-refractivity contribution >= 4 is 23.2 Å². The number of amides is 1. The Labute approximate surface area is 158 Å². The van der Waals surface area contributed by atoms with Crippen molar-refractivity contribution in [2.75, 3.05) is 5.32 Å². The van der Waals surface area contributed by atoms with E-state index in [0.29, 0.717) is 34.7 Å². The number of carbonyl (C=O) groups excluding carboxylic acids is 1. The zero-order valence-electron chi connectivity index (χ0n) is 14.8. The number of halogens is 1. The van der Waals surface area contributed by atoms with Crippen LogP contribution < -0.4 is 5.32 Å². The molecule has 0 atom stereocenters. The van der Waals surface area contributed by atoms with Gasteiger partial charge in [0.2, 0.25) is 5.91 Å². The molecule has 0 unspecified atom stereocenters. The van der Waals surface area contributed by atoms with Crippen LogP contribution in [0.1, 0.15) is 37.6 Å². The van der Waals surface area contributed by atoms with Crippen LogP contribution in [0.15, 0.2) is 59.1 Å². The SMILES string of the molecule is CC(C)c1ccc(-c2cnc(CCC(=O)Nc3ccccc3Cl)o2)cc1. The Morgan fingerprint density at radius 1 is 1.15 bits per heavy atom. The summed E-state index contributed by atoms with van der Waals surface area (Å²) in [6, 6.07) is 15.4. The molecule has 1 heterocycles. The molecule has 1 N–H and O–H groups in total. The van der Waals surface area contributed by atoms with Crippen molar-refractivity contribution in [3.63, 3.8) is 0 Å². The average Bonchev–Trinajstić information content (AvgIpc) is 3.11. The third-order valence-electron chi connectivity index (χ3n) is 4.13. The molecule has 1 amide bonds. The van der Waals surface area contributed by atoms with E-state index in [9.17, 15) is 4.79 Å². The van der Waals surface area contributed by atoms with Gasteiger partial charge in [0.25, 0.3) is 0 Å². The summed E-state index contributed by atoms with van der Waals surface area (Å²) in [6.07, 6.45) is 2.41. The third kappa shape index (κ3) is 4.52. The lowest BCUT2D eigenvalue weighted by Gasteiger charge is -2.06. The number of aromatic nitrogens is 1. The number of aryl methyl sites for hydroxylation is 1. The Kier molecular flexibility index (Phi) is 5.74. The molecule has 0 fully saturated rings. The van der Waals surface area contributed by atoms with Gasteiger partial charge < -0.3 is 9.73 Å². The number of hydrogen-bond acceptors (Lipinski definition) is 3. The molecule has 1 aromatic heterocycles. The number of anilines is 1. The summed E-state index contributed by atoms with van der Waals surface area (Å²) in [5, 5.41) is 3.31. The van der Waals surface area contributed by atoms with Crippen LogP contribution in [0.25, 0.3) is 11.3 Å². The standard InChI is InChI=1S/C21H21ClN2O2/c1-14(2)15-7-9-16(10-8-15)19-13-23-21(26-19)12-11-20(25)24-18-6-4-3-5-17(18)22/h3-10,13-14H,11-12H2,1-2H3,(H,24,25). The maximum atomic E-state index is 12.1.